The van der Waals surface area contributed by atoms with E-state index in [9.17, 15) is 26.4 Å². The molecule has 5 nitrogen and oxygen atoms in total. The SMILES string of the molecule is CC(C)(C)S(=O)(=O)CCN1CCC(C(=O)O)(C(F)(F)F)C1. The molecular weight excluding hydrogens is 311 g/mol. The van der Waals surface area contributed by atoms with Gasteiger partial charge in [0.15, 0.2) is 15.3 Å². The summed E-state index contributed by atoms with van der Waals surface area (Å²) in [7, 11) is -3.45. The maximum absolute atomic E-state index is 13.0. The number of sulfone groups is 1. The Morgan fingerprint density at radius 2 is 1.81 bits per heavy atom. The van der Waals surface area contributed by atoms with E-state index in [2.05, 4.69) is 0 Å². The molecule has 1 aliphatic rings. The predicted molar refractivity (Wildman–Crippen MR) is 70.7 cm³/mol. The maximum Gasteiger partial charge on any atom is 0.406 e. The number of halogens is 3. The van der Waals surface area contributed by atoms with E-state index in [1.165, 1.54) is 25.7 Å². The lowest BCUT2D eigenvalue weighted by molar-refractivity contribution is -0.227. The molecule has 1 fully saturated rings. The number of carbonyl (C=O) groups is 1. The van der Waals surface area contributed by atoms with Crippen molar-refractivity contribution in [3.05, 3.63) is 0 Å². The number of rotatable bonds is 4. The number of carboxylic acid groups (broad SMARTS) is 1. The minimum atomic E-state index is -4.85. The fourth-order valence-electron chi connectivity index (χ4n) is 2.16. The van der Waals surface area contributed by atoms with E-state index in [0.717, 1.165) is 0 Å². The smallest absolute Gasteiger partial charge is 0.406 e. The highest BCUT2D eigenvalue weighted by Gasteiger charge is 2.63. The minimum absolute atomic E-state index is 0.0779. The van der Waals surface area contributed by atoms with Crippen LogP contribution in [0.1, 0.15) is 27.2 Å². The number of carboxylic acids is 1. The Morgan fingerprint density at radius 1 is 1.29 bits per heavy atom. The van der Waals surface area contributed by atoms with E-state index < -0.39 is 45.1 Å². The van der Waals surface area contributed by atoms with Crippen LogP contribution in [0.2, 0.25) is 0 Å². The summed E-state index contributed by atoms with van der Waals surface area (Å²) < 4.78 is 61.8. The van der Waals surface area contributed by atoms with Crippen molar-refractivity contribution in [3.63, 3.8) is 0 Å². The predicted octanol–water partition coefficient (Wildman–Crippen LogP) is 1.54. The molecule has 0 amide bonds. The van der Waals surface area contributed by atoms with Crippen LogP contribution in [-0.4, -0.2) is 60.7 Å². The Hall–Kier alpha value is -0.830. The molecule has 9 heteroatoms. The summed E-state index contributed by atoms with van der Waals surface area (Å²) >= 11 is 0. The largest absolute Gasteiger partial charge is 0.481 e. The van der Waals surface area contributed by atoms with Gasteiger partial charge >= 0.3 is 12.1 Å². The third-order valence-electron chi connectivity index (χ3n) is 3.91. The molecule has 0 spiro atoms. The molecule has 1 rings (SSSR count). The van der Waals surface area contributed by atoms with Crippen molar-refractivity contribution < 1.29 is 31.5 Å². The van der Waals surface area contributed by atoms with E-state index in [-0.39, 0.29) is 18.8 Å². The van der Waals surface area contributed by atoms with Gasteiger partial charge < -0.3 is 10.0 Å². The molecule has 0 aromatic rings. The maximum atomic E-state index is 13.0. The standard InChI is InChI=1S/C12H20F3NO4S/c1-10(2,3)21(19,20)7-6-16-5-4-11(8-16,9(17)18)12(13,14)15/h4-8H2,1-3H3,(H,17,18). The molecule has 0 bridgehead atoms. The van der Waals surface area contributed by atoms with Crippen molar-refractivity contribution in [3.8, 4) is 0 Å². The molecule has 1 atom stereocenters. The van der Waals surface area contributed by atoms with Crippen LogP contribution in [-0.2, 0) is 14.6 Å². The topological polar surface area (TPSA) is 74.7 Å². The molecule has 0 saturated carbocycles. The summed E-state index contributed by atoms with van der Waals surface area (Å²) in [4.78, 5) is 12.3. The fraction of sp³-hybridized carbons (Fsp3) is 0.917. The molecule has 0 radical (unpaired) electrons. The minimum Gasteiger partial charge on any atom is -0.481 e. The van der Waals surface area contributed by atoms with Gasteiger partial charge in [0.05, 0.1) is 10.5 Å². The molecule has 0 aliphatic carbocycles. The zero-order valence-electron chi connectivity index (χ0n) is 12.2. The lowest BCUT2D eigenvalue weighted by atomic mass is 9.86. The highest BCUT2D eigenvalue weighted by molar-refractivity contribution is 7.92. The van der Waals surface area contributed by atoms with E-state index in [1.54, 1.807) is 0 Å². The van der Waals surface area contributed by atoms with Crippen LogP contribution in [0.25, 0.3) is 0 Å². The average Bonchev–Trinajstić information content (AvgIpc) is 2.69. The molecule has 1 N–H and O–H groups in total. The van der Waals surface area contributed by atoms with Gasteiger partial charge in [0, 0.05) is 13.1 Å². The van der Waals surface area contributed by atoms with Gasteiger partial charge in [-0.2, -0.15) is 13.2 Å². The molecule has 1 unspecified atom stereocenters. The highest BCUT2D eigenvalue weighted by atomic mass is 32.2. The van der Waals surface area contributed by atoms with E-state index >= 15 is 0 Å². The summed E-state index contributed by atoms with van der Waals surface area (Å²) in [6, 6.07) is 0. The van der Waals surface area contributed by atoms with Crippen LogP contribution < -0.4 is 0 Å². The molecule has 0 aromatic heterocycles. The Morgan fingerprint density at radius 3 is 2.14 bits per heavy atom. The van der Waals surface area contributed by atoms with Crippen molar-refractivity contribution in [1.29, 1.82) is 0 Å². The number of alkyl halides is 3. The second kappa shape index (κ2) is 5.42. The Kier molecular flexibility index (Phi) is 4.70. The molecule has 124 valence electrons. The van der Waals surface area contributed by atoms with Gasteiger partial charge in [-0.1, -0.05) is 0 Å². The van der Waals surface area contributed by atoms with E-state index in [0.29, 0.717) is 0 Å². The number of aliphatic carboxylic acids is 1. The fourth-order valence-corrected chi connectivity index (χ4v) is 3.27. The number of hydrogen-bond acceptors (Lipinski definition) is 4. The zero-order chi connectivity index (χ0) is 16.7. The molecule has 21 heavy (non-hydrogen) atoms. The Labute approximate surface area is 122 Å². The normalized spacial score (nSPS) is 25.2. The van der Waals surface area contributed by atoms with Gasteiger partial charge in [0.2, 0.25) is 0 Å². The van der Waals surface area contributed by atoms with Crippen LogP contribution in [0.3, 0.4) is 0 Å². The third kappa shape index (κ3) is 3.50. The lowest BCUT2D eigenvalue weighted by Crippen LogP contribution is -2.47. The molecule has 0 aromatic carbocycles. The van der Waals surface area contributed by atoms with Crippen molar-refractivity contribution in [1.82, 2.24) is 4.90 Å². The Balaban J connectivity index is 2.78. The summed E-state index contributed by atoms with van der Waals surface area (Å²) in [6.07, 6.45) is -5.40. The van der Waals surface area contributed by atoms with Gasteiger partial charge in [0.1, 0.15) is 0 Å². The van der Waals surface area contributed by atoms with E-state index in [1.807, 2.05) is 0 Å². The van der Waals surface area contributed by atoms with Gasteiger partial charge in [-0.3, -0.25) is 4.79 Å². The van der Waals surface area contributed by atoms with Gasteiger partial charge in [-0.25, -0.2) is 8.42 Å². The van der Waals surface area contributed by atoms with Crippen LogP contribution in [0.4, 0.5) is 13.2 Å². The average molecular weight is 331 g/mol. The first-order valence-corrected chi connectivity index (χ1v) is 8.13. The zero-order valence-corrected chi connectivity index (χ0v) is 13.0. The first-order chi connectivity index (χ1) is 9.23. The monoisotopic (exact) mass is 331 g/mol. The first-order valence-electron chi connectivity index (χ1n) is 6.48. The second-order valence-corrected chi connectivity index (χ2v) is 9.20. The van der Waals surface area contributed by atoms with Crippen molar-refractivity contribution in [2.24, 2.45) is 5.41 Å². The van der Waals surface area contributed by atoms with Gasteiger partial charge in [-0.15, -0.1) is 0 Å². The first kappa shape index (κ1) is 18.2. The molecule has 1 heterocycles. The molecular formula is C12H20F3NO4S. The summed E-state index contributed by atoms with van der Waals surface area (Å²) in [5.41, 5.74) is -2.79. The van der Waals surface area contributed by atoms with Crippen molar-refractivity contribution >= 4 is 15.8 Å². The molecule has 1 saturated heterocycles. The van der Waals surface area contributed by atoms with Crippen LogP contribution in [0, 0.1) is 5.41 Å². The van der Waals surface area contributed by atoms with Crippen molar-refractivity contribution in [2.45, 2.75) is 38.1 Å². The van der Waals surface area contributed by atoms with E-state index in [4.69, 9.17) is 5.11 Å². The number of nitrogens with zero attached hydrogens (tertiary/aromatic N) is 1. The number of likely N-dealkylation sites (tertiary alicyclic amines) is 1. The summed E-state index contributed by atoms with van der Waals surface area (Å²) in [6.45, 7) is 3.68. The third-order valence-corrected chi connectivity index (χ3v) is 6.50. The summed E-state index contributed by atoms with van der Waals surface area (Å²) in [5, 5.41) is 8.91. The second-order valence-electron chi connectivity index (χ2n) is 6.34. The Bertz CT molecular complexity index is 510. The lowest BCUT2D eigenvalue weighted by Gasteiger charge is -2.27. The van der Waals surface area contributed by atoms with Crippen LogP contribution in [0.15, 0.2) is 0 Å². The van der Waals surface area contributed by atoms with Gasteiger partial charge in [-0.05, 0) is 33.7 Å². The van der Waals surface area contributed by atoms with Crippen LogP contribution >= 0.6 is 0 Å². The number of hydrogen-bond donors (Lipinski definition) is 1. The summed E-state index contributed by atoms with van der Waals surface area (Å²) in [5.74, 6) is -2.19. The quantitative estimate of drug-likeness (QED) is 0.846. The van der Waals surface area contributed by atoms with Gasteiger partial charge in [0.25, 0.3) is 0 Å². The highest BCUT2D eigenvalue weighted by Crippen LogP contribution is 2.45. The van der Waals surface area contributed by atoms with Crippen LogP contribution in [0.5, 0.6) is 0 Å². The molecule has 1 aliphatic heterocycles. The van der Waals surface area contributed by atoms with Crippen molar-refractivity contribution in [2.75, 3.05) is 25.4 Å².